The van der Waals surface area contributed by atoms with Gasteiger partial charge in [0.05, 0.1) is 6.54 Å². The zero-order chi connectivity index (χ0) is 9.14. The van der Waals surface area contributed by atoms with Crippen molar-refractivity contribution >= 4 is 5.91 Å². The van der Waals surface area contributed by atoms with Gasteiger partial charge in [-0.3, -0.25) is 15.1 Å². The third-order valence-corrected chi connectivity index (χ3v) is 2.40. The van der Waals surface area contributed by atoms with E-state index in [1.807, 2.05) is 11.9 Å². The second kappa shape index (κ2) is 3.87. The summed E-state index contributed by atoms with van der Waals surface area (Å²) in [6, 6.07) is 0. The predicted molar refractivity (Wildman–Crippen MR) is 47.1 cm³/mol. The maximum Gasteiger partial charge on any atom is 0.248 e. The van der Waals surface area contributed by atoms with Gasteiger partial charge in [0.1, 0.15) is 0 Å². The van der Waals surface area contributed by atoms with Gasteiger partial charge in [0.15, 0.2) is 0 Å². The normalized spacial score (nSPS) is 27.3. The lowest BCUT2D eigenvalue weighted by Crippen LogP contribution is -2.39. The number of hydrogen-bond acceptors (Lipinski definition) is 3. The van der Waals surface area contributed by atoms with Crippen LogP contribution in [0.3, 0.4) is 0 Å². The first-order valence-electron chi connectivity index (χ1n) is 4.31. The number of carbonyl (C=O) groups is 1. The molecule has 2 unspecified atom stereocenters. The fourth-order valence-corrected chi connectivity index (χ4v) is 1.41. The van der Waals surface area contributed by atoms with E-state index in [1.54, 1.807) is 0 Å². The van der Waals surface area contributed by atoms with Crippen LogP contribution in [0.4, 0.5) is 0 Å². The number of rotatable bonds is 4. The molecule has 1 saturated carbocycles. The molecule has 0 aliphatic heterocycles. The van der Waals surface area contributed by atoms with E-state index in [-0.39, 0.29) is 5.91 Å². The Morgan fingerprint density at radius 3 is 2.75 bits per heavy atom. The number of hydrogen-bond donors (Lipinski definition) is 2. The number of nitrogens with one attached hydrogen (secondary N) is 1. The van der Waals surface area contributed by atoms with Crippen LogP contribution in [0.2, 0.25) is 0 Å². The first-order chi connectivity index (χ1) is 5.63. The Balaban J connectivity index is 2.11. The van der Waals surface area contributed by atoms with E-state index in [1.165, 1.54) is 6.42 Å². The van der Waals surface area contributed by atoms with Crippen molar-refractivity contribution in [3.05, 3.63) is 0 Å². The first-order valence-corrected chi connectivity index (χ1v) is 4.31. The molecule has 0 aromatic carbocycles. The summed E-state index contributed by atoms with van der Waals surface area (Å²) in [4.78, 5) is 12.8. The summed E-state index contributed by atoms with van der Waals surface area (Å²) in [5, 5.41) is 0. The van der Waals surface area contributed by atoms with E-state index in [9.17, 15) is 4.79 Å². The molecule has 0 radical (unpaired) electrons. The molecule has 4 heteroatoms. The molecular weight excluding hydrogens is 154 g/mol. The number of carbonyl (C=O) groups excluding carboxylic acids is 1. The lowest BCUT2D eigenvalue weighted by Gasteiger charge is -2.14. The Bertz CT molecular complexity index is 172. The van der Waals surface area contributed by atoms with Gasteiger partial charge in [-0.25, -0.2) is 5.84 Å². The van der Waals surface area contributed by atoms with Crippen LogP contribution in [0.1, 0.15) is 13.3 Å². The molecule has 12 heavy (non-hydrogen) atoms. The van der Waals surface area contributed by atoms with E-state index in [4.69, 9.17) is 5.84 Å². The molecule has 0 aromatic heterocycles. The number of nitrogens with two attached hydrogens (primary N) is 1. The van der Waals surface area contributed by atoms with Crippen LogP contribution in [0.25, 0.3) is 0 Å². The minimum Gasteiger partial charge on any atom is -0.297 e. The molecular formula is C8H17N3O. The number of hydrazine groups is 1. The number of likely N-dealkylation sites (N-methyl/N-ethyl adjacent to an activating group) is 1. The highest BCUT2D eigenvalue weighted by Gasteiger charge is 2.33. The van der Waals surface area contributed by atoms with Crippen molar-refractivity contribution in [1.82, 2.24) is 10.3 Å². The summed E-state index contributed by atoms with van der Waals surface area (Å²) in [7, 11) is 1.94. The second-order valence-corrected chi connectivity index (χ2v) is 3.74. The molecule has 1 fully saturated rings. The summed E-state index contributed by atoms with van der Waals surface area (Å²) in [6.45, 7) is 3.65. The van der Waals surface area contributed by atoms with Crippen LogP contribution >= 0.6 is 0 Å². The zero-order valence-corrected chi connectivity index (χ0v) is 7.71. The summed E-state index contributed by atoms with van der Waals surface area (Å²) in [5.41, 5.74) is 2.12. The third kappa shape index (κ3) is 2.79. The Kier molecular flexibility index (Phi) is 3.05. The zero-order valence-electron chi connectivity index (χ0n) is 7.71. The molecule has 0 bridgehead atoms. The van der Waals surface area contributed by atoms with E-state index in [0.717, 1.165) is 18.4 Å². The first kappa shape index (κ1) is 9.48. The highest BCUT2D eigenvalue weighted by atomic mass is 16.2. The summed E-state index contributed by atoms with van der Waals surface area (Å²) in [6.07, 6.45) is 1.30. The topological polar surface area (TPSA) is 58.4 Å². The molecule has 4 nitrogen and oxygen atoms in total. The summed E-state index contributed by atoms with van der Waals surface area (Å²) >= 11 is 0. The van der Waals surface area contributed by atoms with Crippen molar-refractivity contribution in [2.24, 2.45) is 17.7 Å². The Hall–Kier alpha value is -0.610. The number of nitrogens with zero attached hydrogens (tertiary/aromatic N) is 1. The minimum atomic E-state index is -0.120. The van der Waals surface area contributed by atoms with Gasteiger partial charge in [-0.05, 0) is 25.3 Å². The molecule has 1 aliphatic rings. The molecule has 0 spiro atoms. The Morgan fingerprint density at radius 1 is 1.75 bits per heavy atom. The van der Waals surface area contributed by atoms with Crippen molar-refractivity contribution in [3.63, 3.8) is 0 Å². The van der Waals surface area contributed by atoms with Gasteiger partial charge < -0.3 is 0 Å². The molecule has 0 heterocycles. The predicted octanol–water partition coefficient (Wildman–Crippen LogP) is -0.436. The second-order valence-electron chi connectivity index (χ2n) is 3.74. The maximum atomic E-state index is 10.8. The molecule has 70 valence electrons. The lowest BCUT2D eigenvalue weighted by molar-refractivity contribution is -0.122. The molecule has 1 aliphatic carbocycles. The van der Waals surface area contributed by atoms with Gasteiger partial charge in [-0.1, -0.05) is 6.92 Å². The summed E-state index contributed by atoms with van der Waals surface area (Å²) < 4.78 is 0. The standard InChI is InChI=1S/C8H17N3O/c1-6-3-7(6)4-11(2)5-8(12)10-9/h6-7H,3-5,9H2,1-2H3,(H,10,12). The Labute approximate surface area is 73.1 Å². The Morgan fingerprint density at radius 2 is 2.33 bits per heavy atom. The summed E-state index contributed by atoms with van der Waals surface area (Å²) in [5.74, 6) is 6.48. The average Bonchev–Trinajstić information content (AvgIpc) is 2.66. The minimum absolute atomic E-state index is 0.120. The molecule has 0 saturated heterocycles. The van der Waals surface area contributed by atoms with Crippen molar-refractivity contribution in [3.8, 4) is 0 Å². The van der Waals surface area contributed by atoms with Crippen molar-refractivity contribution in [2.75, 3.05) is 20.1 Å². The van der Waals surface area contributed by atoms with E-state index in [2.05, 4.69) is 12.3 Å². The van der Waals surface area contributed by atoms with Gasteiger partial charge in [0, 0.05) is 6.54 Å². The SMILES string of the molecule is CC1CC1CN(C)CC(=O)NN. The van der Waals surface area contributed by atoms with E-state index >= 15 is 0 Å². The quantitative estimate of drug-likeness (QED) is 0.342. The van der Waals surface area contributed by atoms with Crippen molar-refractivity contribution in [2.45, 2.75) is 13.3 Å². The maximum absolute atomic E-state index is 10.8. The van der Waals surface area contributed by atoms with E-state index < -0.39 is 0 Å². The van der Waals surface area contributed by atoms with Gasteiger partial charge in [-0.2, -0.15) is 0 Å². The fraction of sp³-hybridized carbons (Fsp3) is 0.875. The molecule has 3 N–H and O–H groups in total. The van der Waals surface area contributed by atoms with Crippen molar-refractivity contribution < 1.29 is 4.79 Å². The van der Waals surface area contributed by atoms with Crippen LogP contribution in [0.5, 0.6) is 0 Å². The van der Waals surface area contributed by atoms with Crippen LogP contribution in [0.15, 0.2) is 0 Å². The van der Waals surface area contributed by atoms with Crippen molar-refractivity contribution in [1.29, 1.82) is 0 Å². The van der Waals surface area contributed by atoms with Gasteiger partial charge in [0.25, 0.3) is 0 Å². The van der Waals surface area contributed by atoms with Crippen LogP contribution in [-0.4, -0.2) is 30.9 Å². The fourth-order valence-electron chi connectivity index (χ4n) is 1.41. The molecule has 2 atom stereocenters. The molecule has 0 aromatic rings. The lowest BCUT2D eigenvalue weighted by atomic mass is 10.3. The third-order valence-electron chi connectivity index (χ3n) is 2.40. The molecule has 1 amide bonds. The van der Waals surface area contributed by atoms with Gasteiger partial charge in [0.2, 0.25) is 5.91 Å². The average molecular weight is 171 g/mol. The molecule has 1 rings (SSSR count). The van der Waals surface area contributed by atoms with Gasteiger partial charge in [-0.15, -0.1) is 0 Å². The van der Waals surface area contributed by atoms with Crippen LogP contribution in [-0.2, 0) is 4.79 Å². The highest BCUT2D eigenvalue weighted by molar-refractivity contribution is 5.77. The number of amides is 1. The smallest absolute Gasteiger partial charge is 0.248 e. The highest BCUT2D eigenvalue weighted by Crippen LogP contribution is 2.37. The van der Waals surface area contributed by atoms with E-state index in [0.29, 0.717) is 6.54 Å². The van der Waals surface area contributed by atoms with Crippen LogP contribution in [0, 0.1) is 11.8 Å². The largest absolute Gasteiger partial charge is 0.297 e. The van der Waals surface area contributed by atoms with Gasteiger partial charge >= 0.3 is 0 Å². The van der Waals surface area contributed by atoms with Crippen LogP contribution < -0.4 is 11.3 Å². The monoisotopic (exact) mass is 171 g/mol.